The smallest absolute Gasteiger partial charge is 0.244 e. The molecule has 0 saturated carbocycles. The second-order valence-corrected chi connectivity index (χ2v) is 7.83. The van der Waals surface area contributed by atoms with E-state index in [1.165, 1.54) is 17.9 Å². The van der Waals surface area contributed by atoms with Crippen LogP contribution in [0.2, 0.25) is 0 Å². The molecule has 2 aromatic carbocycles. The van der Waals surface area contributed by atoms with Crippen LogP contribution in [0.25, 0.3) is 6.08 Å². The molecule has 0 aliphatic rings. The number of rotatable bonds is 5. The van der Waals surface area contributed by atoms with Crippen LogP contribution in [0.1, 0.15) is 29.7 Å². The van der Waals surface area contributed by atoms with E-state index >= 15 is 0 Å². The van der Waals surface area contributed by atoms with Crippen molar-refractivity contribution in [2.75, 3.05) is 6.26 Å². The average Bonchev–Trinajstić information content (AvgIpc) is 2.53. The molecule has 0 saturated heterocycles. The molecule has 1 amide bonds. The minimum atomic E-state index is -3.21. The van der Waals surface area contributed by atoms with Gasteiger partial charge in [0.25, 0.3) is 0 Å². The van der Waals surface area contributed by atoms with Crippen molar-refractivity contribution in [1.29, 1.82) is 0 Å². The van der Waals surface area contributed by atoms with Gasteiger partial charge in [0.2, 0.25) is 5.91 Å². The highest BCUT2D eigenvalue weighted by atomic mass is 32.2. The molecule has 0 aliphatic carbocycles. The van der Waals surface area contributed by atoms with Crippen LogP contribution in [0.5, 0.6) is 0 Å². The van der Waals surface area contributed by atoms with Crippen LogP contribution in [-0.4, -0.2) is 20.6 Å². The zero-order valence-corrected chi connectivity index (χ0v) is 14.8. The van der Waals surface area contributed by atoms with Gasteiger partial charge in [0, 0.05) is 12.3 Å². The van der Waals surface area contributed by atoms with Gasteiger partial charge in [-0.25, -0.2) is 8.42 Å². The molecule has 1 N–H and O–H groups in total. The Morgan fingerprint density at radius 3 is 2.17 bits per heavy atom. The molecule has 5 heteroatoms. The van der Waals surface area contributed by atoms with E-state index in [2.05, 4.69) is 5.32 Å². The van der Waals surface area contributed by atoms with E-state index in [9.17, 15) is 13.2 Å². The standard InChI is InChI=1S/C19H21NO3S/c1-14-4-6-16(7-5-14)8-13-19(21)20-15(2)17-9-11-18(12-10-17)24(3,22)23/h4-13,15H,1-3H3,(H,20,21)/b13-8+. The van der Waals surface area contributed by atoms with Gasteiger partial charge in [0.1, 0.15) is 0 Å². The van der Waals surface area contributed by atoms with E-state index in [0.717, 1.165) is 11.1 Å². The van der Waals surface area contributed by atoms with Crippen LogP contribution in [0.4, 0.5) is 0 Å². The van der Waals surface area contributed by atoms with Crippen LogP contribution in [0.15, 0.2) is 59.5 Å². The maximum Gasteiger partial charge on any atom is 0.244 e. The largest absolute Gasteiger partial charge is 0.346 e. The Kier molecular flexibility index (Phi) is 5.57. The van der Waals surface area contributed by atoms with Crippen LogP contribution in [0.3, 0.4) is 0 Å². The minimum Gasteiger partial charge on any atom is -0.346 e. The molecule has 0 aliphatic heterocycles. The first-order chi connectivity index (χ1) is 11.3. The summed E-state index contributed by atoms with van der Waals surface area (Å²) in [6, 6.07) is 14.2. The molecule has 0 radical (unpaired) electrons. The van der Waals surface area contributed by atoms with Gasteiger partial charge in [-0.2, -0.15) is 0 Å². The predicted molar refractivity (Wildman–Crippen MR) is 96.3 cm³/mol. The second kappa shape index (κ2) is 7.45. The monoisotopic (exact) mass is 343 g/mol. The molecule has 1 unspecified atom stereocenters. The quantitative estimate of drug-likeness (QED) is 0.847. The van der Waals surface area contributed by atoms with Gasteiger partial charge in [-0.1, -0.05) is 42.0 Å². The number of amides is 1. The molecule has 4 nitrogen and oxygen atoms in total. The zero-order valence-electron chi connectivity index (χ0n) is 14.0. The summed E-state index contributed by atoms with van der Waals surface area (Å²) in [7, 11) is -3.21. The predicted octanol–water partition coefficient (Wildman–Crippen LogP) is 3.29. The molecule has 126 valence electrons. The van der Waals surface area contributed by atoms with Crippen LogP contribution in [-0.2, 0) is 14.6 Å². The van der Waals surface area contributed by atoms with Gasteiger partial charge in [-0.05, 0) is 43.2 Å². The van der Waals surface area contributed by atoms with Crippen molar-refractivity contribution in [1.82, 2.24) is 5.32 Å². The molecule has 24 heavy (non-hydrogen) atoms. The fourth-order valence-electron chi connectivity index (χ4n) is 2.20. The van der Waals surface area contributed by atoms with Crippen LogP contribution in [0, 0.1) is 6.92 Å². The van der Waals surface area contributed by atoms with Crippen molar-refractivity contribution in [3.05, 3.63) is 71.3 Å². The van der Waals surface area contributed by atoms with E-state index in [1.54, 1.807) is 30.3 Å². The topological polar surface area (TPSA) is 63.2 Å². The Bertz CT molecular complexity index is 835. The zero-order chi connectivity index (χ0) is 17.7. The van der Waals surface area contributed by atoms with Crippen molar-refractivity contribution in [2.45, 2.75) is 24.8 Å². The molecule has 0 aromatic heterocycles. The van der Waals surface area contributed by atoms with Crippen LogP contribution >= 0.6 is 0 Å². The summed E-state index contributed by atoms with van der Waals surface area (Å²) in [6.07, 6.45) is 4.42. The normalized spacial score (nSPS) is 13.0. The molecule has 0 heterocycles. The molecule has 0 bridgehead atoms. The number of carbonyl (C=O) groups excluding carboxylic acids is 1. The fourth-order valence-corrected chi connectivity index (χ4v) is 2.83. The molecule has 2 aromatic rings. The average molecular weight is 343 g/mol. The summed E-state index contributed by atoms with van der Waals surface area (Å²) in [5, 5.41) is 2.86. The van der Waals surface area contributed by atoms with Gasteiger partial charge < -0.3 is 5.32 Å². The molecule has 0 fully saturated rings. The SMILES string of the molecule is Cc1ccc(/C=C/C(=O)NC(C)c2ccc(S(C)(=O)=O)cc2)cc1. The van der Waals surface area contributed by atoms with Gasteiger partial charge in [-0.3, -0.25) is 4.79 Å². The first-order valence-corrected chi connectivity index (χ1v) is 9.50. The lowest BCUT2D eigenvalue weighted by atomic mass is 10.1. The third-order valence-electron chi connectivity index (χ3n) is 3.67. The lowest BCUT2D eigenvalue weighted by molar-refractivity contribution is -0.117. The third kappa shape index (κ3) is 5.06. The van der Waals surface area contributed by atoms with E-state index in [0.29, 0.717) is 0 Å². The first kappa shape index (κ1) is 17.9. The lowest BCUT2D eigenvalue weighted by Gasteiger charge is -2.13. The number of carbonyl (C=O) groups is 1. The Morgan fingerprint density at radius 2 is 1.62 bits per heavy atom. The number of nitrogens with one attached hydrogen (secondary N) is 1. The highest BCUT2D eigenvalue weighted by molar-refractivity contribution is 7.90. The summed E-state index contributed by atoms with van der Waals surface area (Å²) in [5.74, 6) is -0.199. The van der Waals surface area contributed by atoms with Crippen LogP contribution < -0.4 is 5.32 Å². The molecular formula is C19H21NO3S. The molecule has 2 rings (SSSR count). The Balaban J connectivity index is 1.99. The summed E-state index contributed by atoms with van der Waals surface area (Å²) in [6.45, 7) is 3.87. The van der Waals surface area contributed by atoms with E-state index in [1.807, 2.05) is 38.1 Å². The Morgan fingerprint density at radius 1 is 1.04 bits per heavy atom. The van der Waals surface area contributed by atoms with Crippen molar-refractivity contribution < 1.29 is 13.2 Å². The van der Waals surface area contributed by atoms with Gasteiger partial charge in [-0.15, -0.1) is 0 Å². The summed E-state index contributed by atoms with van der Waals surface area (Å²) in [5.41, 5.74) is 2.98. The van der Waals surface area contributed by atoms with Gasteiger partial charge >= 0.3 is 0 Å². The minimum absolute atomic E-state index is 0.199. The maximum absolute atomic E-state index is 12.0. The van der Waals surface area contributed by atoms with Gasteiger partial charge in [0.05, 0.1) is 10.9 Å². The Hall–Kier alpha value is -2.40. The summed E-state index contributed by atoms with van der Waals surface area (Å²) < 4.78 is 22.9. The van der Waals surface area contributed by atoms with Gasteiger partial charge in [0.15, 0.2) is 9.84 Å². The van der Waals surface area contributed by atoms with Crippen molar-refractivity contribution in [2.24, 2.45) is 0 Å². The van der Waals surface area contributed by atoms with E-state index in [4.69, 9.17) is 0 Å². The number of hydrogen-bond acceptors (Lipinski definition) is 3. The molecule has 0 spiro atoms. The highest BCUT2D eigenvalue weighted by Crippen LogP contribution is 2.16. The number of aryl methyl sites for hydroxylation is 1. The van der Waals surface area contributed by atoms with E-state index < -0.39 is 9.84 Å². The van der Waals surface area contributed by atoms with Crippen molar-refractivity contribution >= 4 is 21.8 Å². The van der Waals surface area contributed by atoms with E-state index in [-0.39, 0.29) is 16.8 Å². The number of benzene rings is 2. The highest BCUT2D eigenvalue weighted by Gasteiger charge is 2.10. The number of sulfone groups is 1. The molecule has 1 atom stereocenters. The first-order valence-electron chi connectivity index (χ1n) is 7.61. The summed E-state index contributed by atoms with van der Waals surface area (Å²) in [4.78, 5) is 12.3. The number of hydrogen-bond donors (Lipinski definition) is 1. The second-order valence-electron chi connectivity index (χ2n) is 5.82. The fraction of sp³-hybridized carbons (Fsp3) is 0.211. The maximum atomic E-state index is 12.0. The summed E-state index contributed by atoms with van der Waals surface area (Å²) >= 11 is 0. The van der Waals surface area contributed by atoms with Crippen molar-refractivity contribution in [3.8, 4) is 0 Å². The third-order valence-corrected chi connectivity index (χ3v) is 4.80. The Labute approximate surface area is 143 Å². The van der Waals surface area contributed by atoms with Crippen molar-refractivity contribution in [3.63, 3.8) is 0 Å². The lowest BCUT2D eigenvalue weighted by Crippen LogP contribution is -2.24. The molecular weight excluding hydrogens is 322 g/mol.